The molecule has 1 fully saturated rings. The predicted octanol–water partition coefficient (Wildman–Crippen LogP) is 2.62. The summed E-state index contributed by atoms with van der Waals surface area (Å²) in [6, 6.07) is 7.88. The van der Waals surface area contributed by atoms with Crippen LogP contribution in [-0.2, 0) is 4.79 Å². The first-order valence-electron chi connectivity index (χ1n) is 9.81. The lowest BCUT2D eigenvalue weighted by Gasteiger charge is -2.36. The molecule has 29 heavy (non-hydrogen) atoms. The molecule has 8 heteroatoms. The maximum atomic E-state index is 13.1. The normalized spacial score (nSPS) is 15.3. The number of nitrogens with zero attached hydrogens (tertiary/aromatic N) is 4. The van der Waals surface area contributed by atoms with E-state index in [1.807, 2.05) is 18.7 Å². The number of hydrogen-bond acceptors (Lipinski definition) is 5. The third kappa shape index (κ3) is 5.67. The highest BCUT2D eigenvalue weighted by atomic mass is 35.5. The maximum absolute atomic E-state index is 13.1. The molecule has 1 aromatic heterocycles. The van der Waals surface area contributed by atoms with Gasteiger partial charge in [-0.25, -0.2) is 9.97 Å². The number of benzene rings is 1. The number of amides is 2. The predicted molar refractivity (Wildman–Crippen MR) is 113 cm³/mol. The van der Waals surface area contributed by atoms with Gasteiger partial charge in [-0.15, -0.1) is 0 Å². The van der Waals surface area contributed by atoms with Crippen molar-refractivity contribution in [2.75, 3.05) is 31.1 Å². The van der Waals surface area contributed by atoms with Gasteiger partial charge in [-0.2, -0.15) is 0 Å². The minimum absolute atomic E-state index is 0.0466. The molecule has 0 bridgehead atoms. The summed E-state index contributed by atoms with van der Waals surface area (Å²) in [5.74, 6) is 0.634. The van der Waals surface area contributed by atoms with Crippen molar-refractivity contribution in [3.63, 3.8) is 0 Å². The maximum Gasteiger partial charge on any atom is 0.251 e. The first-order chi connectivity index (χ1) is 13.9. The van der Waals surface area contributed by atoms with Crippen molar-refractivity contribution in [3.8, 4) is 0 Å². The number of halogens is 1. The summed E-state index contributed by atoms with van der Waals surface area (Å²) in [6.45, 7) is 6.55. The third-order valence-corrected chi connectivity index (χ3v) is 5.10. The van der Waals surface area contributed by atoms with Crippen LogP contribution in [0.1, 0.15) is 30.6 Å². The van der Waals surface area contributed by atoms with Gasteiger partial charge < -0.3 is 15.1 Å². The zero-order chi connectivity index (χ0) is 20.8. The van der Waals surface area contributed by atoms with Crippen LogP contribution in [-0.4, -0.2) is 58.9 Å². The molecule has 0 radical (unpaired) electrons. The summed E-state index contributed by atoms with van der Waals surface area (Å²) in [5, 5.41) is 3.48. The summed E-state index contributed by atoms with van der Waals surface area (Å²) in [7, 11) is 0. The number of nitrogens with one attached hydrogen (secondary N) is 1. The van der Waals surface area contributed by atoms with Crippen molar-refractivity contribution < 1.29 is 9.59 Å². The van der Waals surface area contributed by atoms with E-state index in [-0.39, 0.29) is 17.7 Å². The van der Waals surface area contributed by atoms with Gasteiger partial charge >= 0.3 is 0 Å². The van der Waals surface area contributed by atoms with Crippen LogP contribution in [0.4, 0.5) is 5.95 Å². The molecule has 3 rings (SSSR count). The van der Waals surface area contributed by atoms with Crippen LogP contribution in [0.2, 0.25) is 5.02 Å². The van der Waals surface area contributed by atoms with Crippen molar-refractivity contribution in [1.82, 2.24) is 20.2 Å². The molecular formula is C21H26ClN5O2. The van der Waals surface area contributed by atoms with Crippen LogP contribution in [0, 0.1) is 5.92 Å². The van der Waals surface area contributed by atoms with E-state index in [4.69, 9.17) is 11.6 Å². The monoisotopic (exact) mass is 415 g/mol. The largest absolute Gasteiger partial charge is 0.340 e. The van der Waals surface area contributed by atoms with E-state index >= 15 is 0 Å². The summed E-state index contributed by atoms with van der Waals surface area (Å²) >= 11 is 5.89. The van der Waals surface area contributed by atoms with Gasteiger partial charge in [0, 0.05) is 49.2 Å². The molecule has 0 unspecified atom stereocenters. The Hall–Kier alpha value is -2.67. The van der Waals surface area contributed by atoms with Crippen molar-refractivity contribution in [2.45, 2.75) is 26.3 Å². The molecule has 2 aromatic rings. The SMILES string of the molecule is CC(C)C[C@@H](NC(=O)c1ccc(Cl)cc1)C(=O)N1CCN(c2ncccn2)CC1. The fourth-order valence-electron chi connectivity index (χ4n) is 3.34. The van der Waals surface area contributed by atoms with Gasteiger partial charge in [0.25, 0.3) is 5.91 Å². The Morgan fingerprint density at radius 1 is 1.07 bits per heavy atom. The molecule has 1 aliphatic rings. The van der Waals surface area contributed by atoms with Gasteiger partial charge in [0.1, 0.15) is 6.04 Å². The first kappa shape index (κ1) is 21.0. The van der Waals surface area contributed by atoms with E-state index < -0.39 is 6.04 Å². The van der Waals surface area contributed by atoms with E-state index in [1.165, 1.54) is 0 Å². The Balaban J connectivity index is 1.63. The number of piperazine rings is 1. The molecule has 2 amide bonds. The van der Waals surface area contributed by atoms with E-state index in [1.54, 1.807) is 42.7 Å². The van der Waals surface area contributed by atoms with E-state index in [0.29, 0.717) is 49.1 Å². The molecule has 0 spiro atoms. The fourth-order valence-corrected chi connectivity index (χ4v) is 3.46. The lowest BCUT2D eigenvalue weighted by atomic mass is 10.0. The second kappa shape index (κ2) is 9.69. The van der Waals surface area contributed by atoms with Gasteiger partial charge in [-0.05, 0) is 42.7 Å². The van der Waals surface area contributed by atoms with Crippen molar-refractivity contribution in [1.29, 1.82) is 0 Å². The second-order valence-corrected chi connectivity index (χ2v) is 7.96. The van der Waals surface area contributed by atoms with Crippen molar-refractivity contribution >= 4 is 29.4 Å². The highest BCUT2D eigenvalue weighted by molar-refractivity contribution is 6.30. The van der Waals surface area contributed by atoms with Gasteiger partial charge in [0.15, 0.2) is 0 Å². The highest BCUT2D eigenvalue weighted by Crippen LogP contribution is 2.15. The van der Waals surface area contributed by atoms with Gasteiger partial charge in [-0.3, -0.25) is 9.59 Å². The number of carbonyl (C=O) groups excluding carboxylic acids is 2. The van der Waals surface area contributed by atoms with Gasteiger partial charge in [0.2, 0.25) is 11.9 Å². The molecule has 7 nitrogen and oxygen atoms in total. The summed E-state index contributed by atoms with van der Waals surface area (Å²) < 4.78 is 0. The smallest absolute Gasteiger partial charge is 0.251 e. The molecule has 0 saturated carbocycles. The minimum atomic E-state index is -0.558. The Bertz CT molecular complexity index is 821. The van der Waals surface area contributed by atoms with Crippen molar-refractivity contribution in [2.24, 2.45) is 5.92 Å². The number of aromatic nitrogens is 2. The molecule has 154 valence electrons. The Kier molecular flexibility index (Phi) is 7.04. The molecule has 2 heterocycles. The molecule has 0 aliphatic carbocycles. The van der Waals surface area contributed by atoms with Crippen LogP contribution in [0.15, 0.2) is 42.7 Å². The molecule has 1 aliphatic heterocycles. The first-order valence-corrected chi connectivity index (χ1v) is 10.2. The number of carbonyl (C=O) groups is 2. The zero-order valence-electron chi connectivity index (χ0n) is 16.7. The lowest BCUT2D eigenvalue weighted by Crippen LogP contribution is -2.55. The Morgan fingerprint density at radius 3 is 2.28 bits per heavy atom. The molecule has 1 N–H and O–H groups in total. The Morgan fingerprint density at radius 2 is 1.69 bits per heavy atom. The fraction of sp³-hybridized carbons (Fsp3) is 0.429. The highest BCUT2D eigenvalue weighted by Gasteiger charge is 2.30. The average Bonchev–Trinajstić information content (AvgIpc) is 2.73. The summed E-state index contributed by atoms with van der Waals surface area (Å²) in [6.07, 6.45) is 4.01. The summed E-state index contributed by atoms with van der Waals surface area (Å²) in [4.78, 5) is 38.2. The van der Waals surface area contributed by atoms with Crippen LogP contribution in [0.5, 0.6) is 0 Å². The topological polar surface area (TPSA) is 78.4 Å². The van der Waals surface area contributed by atoms with Crippen LogP contribution >= 0.6 is 11.6 Å². The molecular weight excluding hydrogens is 390 g/mol. The van der Waals surface area contributed by atoms with Crippen LogP contribution < -0.4 is 10.2 Å². The van der Waals surface area contributed by atoms with E-state index in [0.717, 1.165) is 0 Å². The number of hydrogen-bond donors (Lipinski definition) is 1. The van der Waals surface area contributed by atoms with Crippen LogP contribution in [0.3, 0.4) is 0 Å². The van der Waals surface area contributed by atoms with E-state index in [9.17, 15) is 9.59 Å². The average molecular weight is 416 g/mol. The van der Waals surface area contributed by atoms with Crippen LogP contribution in [0.25, 0.3) is 0 Å². The number of rotatable bonds is 6. The quantitative estimate of drug-likeness (QED) is 0.784. The third-order valence-electron chi connectivity index (χ3n) is 4.84. The Labute approximate surface area is 176 Å². The lowest BCUT2D eigenvalue weighted by molar-refractivity contribution is -0.134. The van der Waals surface area contributed by atoms with Gasteiger partial charge in [0.05, 0.1) is 0 Å². The number of anilines is 1. The minimum Gasteiger partial charge on any atom is -0.340 e. The molecule has 1 aromatic carbocycles. The second-order valence-electron chi connectivity index (χ2n) is 7.52. The molecule has 1 atom stereocenters. The molecule has 1 saturated heterocycles. The van der Waals surface area contributed by atoms with E-state index in [2.05, 4.69) is 20.2 Å². The zero-order valence-corrected chi connectivity index (χ0v) is 17.5. The standard InChI is InChI=1S/C21H26ClN5O2/c1-15(2)14-18(25-19(28)16-4-6-17(22)7-5-16)20(29)26-10-12-27(13-11-26)21-23-8-3-9-24-21/h3-9,15,18H,10-14H2,1-2H3,(H,25,28)/t18-/m1/s1. The van der Waals surface area contributed by atoms with Crippen molar-refractivity contribution in [3.05, 3.63) is 53.3 Å². The summed E-state index contributed by atoms with van der Waals surface area (Å²) in [5.41, 5.74) is 0.488. The van der Waals surface area contributed by atoms with Gasteiger partial charge in [-0.1, -0.05) is 25.4 Å².